The molecular formula is C24H29N3O3. The van der Waals surface area contributed by atoms with Gasteiger partial charge in [0.2, 0.25) is 5.91 Å². The molecule has 2 fully saturated rings. The van der Waals surface area contributed by atoms with Crippen molar-refractivity contribution in [2.45, 2.75) is 32.5 Å². The maximum absolute atomic E-state index is 12.6. The molecule has 4 rings (SSSR count). The predicted octanol–water partition coefficient (Wildman–Crippen LogP) is 2.57. The van der Waals surface area contributed by atoms with Gasteiger partial charge in [-0.2, -0.15) is 0 Å². The summed E-state index contributed by atoms with van der Waals surface area (Å²) in [6, 6.07) is 15.8. The fourth-order valence-corrected chi connectivity index (χ4v) is 4.02. The maximum Gasteiger partial charge on any atom is 0.251 e. The number of hydrogen-bond donors (Lipinski definition) is 1. The van der Waals surface area contributed by atoms with Gasteiger partial charge in [0, 0.05) is 51.3 Å². The highest BCUT2D eigenvalue weighted by atomic mass is 16.5. The average molecular weight is 408 g/mol. The van der Waals surface area contributed by atoms with Gasteiger partial charge in [0.1, 0.15) is 0 Å². The van der Waals surface area contributed by atoms with Crippen molar-refractivity contribution in [1.82, 2.24) is 15.1 Å². The topological polar surface area (TPSA) is 61.9 Å². The number of hydrogen-bond acceptors (Lipinski definition) is 4. The van der Waals surface area contributed by atoms with E-state index >= 15 is 0 Å². The van der Waals surface area contributed by atoms with E-state index in [1.165, 1.54) is 5.56 Å². The molecule has 6 heteroatoms. The highest BCUT2D eigenvalue weighted by Crippen LogP contribution is 2.16. The van der Waals surface area contributed by atoms with Crippen LogP contribution in [0.5, 0.6) is 0 Å². The highest BCUT2D eigenvalue weighted by Gasteiger charge is 2.20. The van der Waals surface area contributed by atoms with Crippen LogP contribution in [0.4, 0.5) is 0 Å². The van der Waals surface area contributed by atoms with Gasteiger partial charge < -0.3 is 15.0 Å². The van der Waals surface area contributed by atoms with Gasteiger partial charge in [0.05, 0.1) is 13.2 Å². The SMILES string of the molecule is O=C(NCc1ccccc1CN1CCOCC1)c1ccc(CN2CCCC2=O)cc1. The Hall–Kier alpha value is -2.70. The summed E-state index contributed by atoms with van der Waals surface area (Å²) >= 11 is 0. The van der Waals surface area contributed by atoms with Gasteiger partial charge in [-0.15, -0.1) is 0 Å². The van der Waals surface area contributed by atoms with Crippen LogP contribution in [0.3, 0.4) is 0 Å². The average Bonchev–Trinajstić information content (AvgIpc) is 3.18. The second kappa shape index (κ2) is 9.87. The van der Waals surface area contributed by atoms with Crippen molar-refractivity contribution in [3.8, 4) is 0 Å². The van der Waals surface area contributed by atoms with Crippen molar-refractivity contribution in [2.75, 3.05) is 32.8 Å². The smallest absolute Gasteiger partial charge is 0.251 e. The first-order valence-electron chi connectivity index (χ1n) is 10.7. The molecule has 0 aliphatic carbocycles. The van der Waals surface area contributed by atoms with Crippen molar-refractivity contribution >= 4 is 11.8 Å². The molecule has 1 N–H and O–H groups in total. The molecule has 2 aliphatic rings. The zero-order valence-electron chi connectivity index (χ0n) is 17.3. The third kappa shape index (κ3) is 5.26. The molecule has 0 spiro atoms. The van der Waals surface area contributed by atoms with Gasteiger partial charge in [0.15, 0.2) is 0 Å². The Bertz CT molecular complexity index is 876. The molecule has 30 heavy (non-hydrogen) atoms. The fourth-order valence-electron chi connectivity index (χ4n) is 4.02. The van der Waals surface area contributed by atoms with Gasteiger partial charge >= 0.3 is 0 Å². The zero-order valence-corrected chi connectivity index (χ0v) is 17.3. The second-order valence-electron chi connectivity index (χ2n) is 7.96. The number of likely N-dealkylation sites (tertiary alicyclic amines) is 1. The summed E-state index contributed by atoms with van der Waals surface area (Å²) in [6.07, 6.45) is 1.58. The number of benzene rings is 2. The number of rotatable bonds is 7. The van der Waals surface area contributed by atoms with Gasteiger partial charge in [0.25, 0.3) is 5.91 Å². The summed E-state index contributed by atoms with van der Waals surface area (Å²) in [7, 11) is 0. The van der Waals surface area contributed by atoms with Crippen molar-refractivity contribution in [2.24, 2.45) is 0 Å². The molecule has 0 radical (unpaired) electrons. The summed E-state index contributed by atoms with van der Waals surface area (Å²) < 4.78 is 5.43. The van der Waals surface area contributed by atoms with Crippen LogP contribution in [-0.2, 0) is 29.2 Å². The molecule has 0 saturated carbocycles. The predicted molar refractivity (Wildman–Crippen MR) is 115 cm³/mol. The van der Waals surface area contributed by atoms with E-state index in [2.05, 4.69) is 22.3 Å². The third-order valence-corrected chi connectivity index (χ3v) is 5.82. The van der Waals surface area contributed by atoms with Crippen molar-refractivity contribution in [3.63, 3.8) is 0 Å². The lowest BCUT2D eigenvalue weighted by atomic mass is 10.1. The summed E-state index contributed by atoms with van der Waals surface area (Å²) in [6.45, 7) is 6.26. The molecule has 0 bridgehead atoms. The number of nitrogens with one attached hydrogen (secondary N) is 1. The molecule has 6 nitrogen and oxygen atoms in total. The lowest BCUT2D eigenvalue weighted by Gasteiger charge is -2.27. The van der Waals surface area contributed by atoms with Crippen molar-refractivity contribution in [1.29, 1.82) is 0 Å². The van der Waals surface area contributed by atoms with E-state index in [1.54, 1.807) is 0 Å². The fraction of sp³-hybridized carbons (Fsp3) is 0.417. The Balaban J connectivity index is 1.32. The van der Waals surface area contributed by atoms with Gasteiger partial charge in [-0.25, -0.2) is 0 Å². The lowest BCUT2D eigenvalue weighted by molar-refractivity contribution is -0.128. The Labute approximate surface area is 177 Å². The van der Waals surface area contributed by atoms with Crippen LogP contribution < -0.4 is 5.32 Å². The molecule has 2 heterocycles. The third-order valence-electron chi connectivity index (χ3n) is 5.82. The number of carbonyl (C=O) groups is 2. The van der Waals surface area contributed by atoms with Crippen LogP contribution in [-0.4, -0.2) is 54.5 Å². The zero-order chi connectivity index (χ0) is 20.8. The van der Waals surface area contributed by atoms with Crippen LogP contribution in [0.2, 0.25) is 0 Å². The van der Waals surface area contributed by atoms with Crippen LogP contribution in [0.1, 0.15) is 39.9 Å². The molecule has 2 aromatic rings. The minimum Gasteiger partial charge on any atom is -0.379 e. The Morgan fingerprint density at radius 3 is 2.37 bits per heavy atom. The quantitative estimate of drug-likeness (QED) is 0.766. The minimum atomic E-state index is -0.0834. The largest absolute Gasteiger partial charge is 0.379 e. The van der Waals surface area contributed by atoms with E-state index in [-0.39, 0.29) is 11.8 Å². The van der Waals surface area contributed by atoms with E-state index < -0.39 is 0 Å². The molecule has 0 atom stereocenters. The van der Waals surface area contributed by atoms with E-state index in [4.69, 9.17) is 4.74 Å². The normalized spacial score (nSPS) is 17.3. The van der Waals surface area contributed by atoms with E-state index in [9.17, 15) is 9.59 Å². The Morgan fingerprint density at radius 1 is 0.933 bits per heavy atom. The molecule has 2 aromatic carbocycles. The summed E-state index contributed by atoms with van der Waals surface area (Å²) in [5.41, 5.74) is 4.07. The standard InChI is InChI=1S/C24H29N3O3/c28-23-6-3-11-27(23)17-19-7-9-20(10-8-19)24(29)25-16-21-4-1-2-5-22(21)18-26-12-14-30-15-13-26/h1-2,4-5,7-10H,3,6,11-18H2,(H,25,29). The van der Waals surface area contributed by atoms with Gasteiger partial charge in [-0.05, 0) is 35.2 Å². The van der Waals surface area contributed by atoms with Crippen LogP contribution in [0.15, 0.2) is 48.5 Å². The Morgan fingerprint density at radius 2 is 1.67 bits per heavy atom. The first kappa shape index (κ1) is 20.6. The number of amides is 2. The first-order chi connectivity index (χ1) is 14.7. The summed E-state index contributed by atoms with van der Waals surface area (Å²) in [5.74, 6) is 0.132. The summed E-state index contributed by atoms with van der Waals surface area (Å²) in [5, 5.41) is 3.05. The molecule has 158 valence electrons. The molecule has 2 amide bonds. The highest BCUT2D eigenvalue weighted by molar-refractivity contribution is 5.94. The molecular weight excluding hydrogens is 378 g/mol. The number of ether oxygens (including phenoxy) is 1. The van der Waals surface area contributed by atoms with Crippen LogP contribution in [0, 0.1) is 0 Å². The lowest BCUT2D eigenvalue weighted by Crippen LogP contribution is -2.36. The van der Waals surface area contributed by atoms with Crippen molar-refractivity contribution < 1.29 is 14.3 Å². The van der Waals surface area contributed by atoms with Crippen LogP contribution in [0.25, 0.3) is 0 Å². The maximum atomic E-state index is 12.6. The second-order valence-corrected chi connectivity index (χ2v) is 7.96. The molecule has 0 aromatic heterocycles. The van der Waals surface area contributed by atoms with E-state index in [0.29, 0.717) is 25.1 Å². The van der Waals surface area contributed by atoms with E-state index in [1.807, 2.05) is 41.3 Å². The summed E-state index contributed by atoms with van der Waals surface area (Å²) in [4.78, 5) is 28.7. The molecule has 2 saturated heterocycles. The first-order valence-corrected chi connectivity index (χ1v) is 10.7. The number of carbonyl (C=O) groups excluding carboxylic acids is 2. The number of morpholine rings is 1. The van der Waals surface area contributed by atoms with Crippen molar-refractivity contribution in [3.05, 3.63) is 70.8 Å². The minimum absolute atomic E-state index is 0.0834. The van der Waals surface area contributed by atoms with Crippen LogP contribution >= 0.6 is 0 Å². The van der Waals surface area contributed by atoms with E-state index in [0.717, 1.165) is 56.9 Å². The monoisotopic (exact) mass is 407 g/mol. The van der Waals surface area contributed by atoms with Gasteiger partial charge in [-0.3, -0.25) is 14.5 Å². The molecule has 0 unspecified atom stereocenters. The molecule has 2 aliphatic heterocycles. The van der Waals surface area contributed by atoms with Gasteiger partial charge in [-0.1, -0.05) is 36.4 Å². The number of nitrogens with zero attached hydrogens (tertiary/aromatic N) is 2. The Kier molecular flexibility index (Phi) is 6.77.